The molecule has 0 saturated carbocycles. The van der Waals surface area contributed by atoms with E-state index < -0.39 is 35.1 Å². The molecule has 0 unspecified atom stereocenters. The molecule has 196 valence electrons. The number of benzene rings is 3. The highest BCUT2D eigenvalue weighted by Gasteiger charge is 2.22. The largest absolute Gasteiger partial charge is 0.482 e. The Morgan fingerprint density at radius 3 is 2.29 bits per heavy atom. The number of carbonyl (C=O) groups is 2. The van der Waals surface area contributed by atoms with Crippen LogP contribution in [0.3, 0.4) is 0 Å². The molecule has 0 spiro atoms. The number of thiophene rings is 1. The summed E-state index contributed by atoms with van der Waals surface area (Å²) in [6.45, 7) is -0.910. The molecule has 0 fully saturated rings. The minimum absolute atomic E-state index is 0.236. The van der Waals surface area contributed by atoms with Gasteiger partial charge in [-0.3, -0.25) is 9.10 Å². The molecular weight excluding hydrogens is 528 g/mol. The second-order valence-corrected chi connectivity index (χ2v) is 11.0. The Kier molecular flexibility index (Phi) is 8.62. The van der Waals surface area contributed by atoms with Gasteiger partial charge in [-0.15, -0.1) is 11.3 Å². The normalized spacial score (nSPS) is 10.9. The van der Waals surface area contributed by atoms with Gasteiger partial charge in [0.05, 0.1) is 5.69 Å². The van der Waals surface area contributed by atoms with Gasteiger partial charge >= 0.3 is 5.97 Å². The first-order valence-electron chi connectivity index (χ1n) is 11.3. The van der Waals surface area contributed by atoms with E-state index >= 15 is 0 Å². The van der Waals surface area contributed by atoms with Gasteiger partial charge in [0.2, 0.25) is 0 Å². The molecule has 38 heavy (non-hydrogen) atoms. The minimum atomic E-state index is -3.65. The maximum Gasteiger partial charge on any atom is 0.344 e. The van der Waals surface area contributed by atoms with Crippen LogP contribution in [-0.2, 0) is 24.3 Å². The van der Waals surface area contributed by atoms with Gasteiger partial charge in [0.15, 0.2) is 13.2 Å². The van der Waals surface area contributed by atoms with Gasteiger partial charge in [-0.2, -0.15) is 0 Å². The lowest BCUT2D eigenvalue weighted by molar-refractivity contribution is -0.149. The lowest BCUT2D eigenvalue weighted by Gasteiger charge is -2.18. The number of nitrogens with one attached hydrogen (secondary N) is 1. The Morgan fingerprint density at radius 2 is 1.58 bits per heavy atom. The monoisotopic (exact) mass is 552 g/mol. The number of nitrogens with zero attached hydrogens (tertiary/aromatic N) is 1. The number of hydrogen-bond acceptors (Lipinski definition) is 8. The third kappa shape index (κ3) is 7.11. The van der Waals surface area contributed by atoms with Crippen LogP contribution in [0.25, 0.3) is 0 Å². The predicted molar refractivity (Wildman–Crippen MR) is 144 cm³/mol. The van der Waals surface area contributed by atoms with E-state index in [1.54, 1.807) is 60.0 Å². The van der Waals surface area contributed by atoms with Crippen LogP contribution in [0.15, 0.2) is 101 Å². The van der Waals surface area contributed by atoms with Crippen LogP contribution in [0, 0.1) is 0 Å². The van der Waals surface area contributed by atoms with E-state index in [0.717, 1.165) is 11.3 Å². The molecule has 11 heteroatoms. The highest BCUT2D eigenvalue weighted by molar-refractivity contribution is 7.94. The minimum Gasteiger partial charge on any atom is -0.482 e. The van der Waals surface area contributed by atoms with E-state index in [-0.39, 0.29) is 4.21 Å². The number of para-hydroxylation sites is 1. The van der Waals surface area contributed by atoms with E-state index in [9.17, 15) is 18.0 Å². The molecule has 9 nitrogen and oxygen atoms in total. The number of ether oxygens (including phenoxy) is 3. The number of amides is 1. The Balaban J connectivity index is 1.22. The predicted octanol–water partition coefficient (Wildman–Crippen LogP) is 4.93. The van der Waals surface area contributed by atoms with Crippen LogP contribution in [0.1, 0.15) is 0 Å². The number of sulfonamides is 1. The summed E-state index contributed by atoms with van der Waals surface area (Å²) in [5.74, 6) is 0.292. The van der Waals surface area contributed by atoms with Crippen molar-refractivity contribution in [2.24, 2.45) is 0 Å². The number of hydrogen-bond donors (Lipinski definition) is 1. The van der Waals surface area contributed by atoms with E-state index in [2.05, 4.69) is 5.32 Å². The van der Waals surface area contributed by atoms with Crippen LogP contribution < -0.4 is 19.1 Å². The van der Waals surface area contributed by atoms with Crippen molar-refractivity contribution in [3.8, 4) is 17.2 Å². The molecule has 1 amide bonds. The van der Waals surface area contributed by atoms with Crippen molar-refractivity contribution in [3.63, 3.8) is 0 Å². The van der Waals surface area contributed by atoms with Crippen molar-refractivity contribution in [1.82, 2.24) is 0 Å². The van der Waals surface area contributed by atoms with E-state index in [0.29, 0.717) is 28.6 Å². The third-order valence-corrected chi connectivity index (χ3v) is 8.29. The van der Waals surface area contributed by atoms with Crippen LogP contribution in [0.4, 0.5) is 11.4 Å². The highest BCUT2D eigenvalue weighted by atomic mass is 32.2. The van der Waals surface area contributed by atoms with Crippen molar-refractivity contribution >= 4 is 44.6 Å². The molecule has 0 saturated heterocycles. The van der Waals surface area contributed by atoms with Gasteiger partial charge < -0.3 is 19.5 Å². The van der Waals surface area contributed by atoms with Crippen LogP contribution in [0.2, 0.25) is 0 Å². The molecule has 0 aliphatic heterocycles. The van der Waals surface area contributed by atoms with E-state index in [1.807, 2.05) is 30.3 Å². The maximum absolute atomic E-state index is 12.6. The summed E-state index contributed by atoms with van der Waals surface area (Å²) in [7, 11) is -2.19. The Bertz CT molecular complexity index is 1470. The van der Waals surface area contributed by atoms with Crippen molar-refractivity contribution in [1.29, 1.82) is 0 Å². The van der Waals surface area contributed by atoms with Crippen molar-refractivity contribution in [3.05, 3.63) is 96.4 Å². The summed E-state index contributed by atoms with van der Waals surface area (Å²) in [4.78, 5) is 24.2. The molecule has 0 aliphatic rings. The quantitative estimate of drug-likeness (QED) is 0.263. The number of rotatable bonds is 11. The lowest BCUT2D eigenvalue weighted by Crippen LogP contribution is -2.25. The third-order valence-electron chi connectivity index (χ3n) is 5.13. The van der Waals surface area contributed by atoms with Gasteiger partial charge in [-0.1, -0.05) is 30.3 Å². The molecule has 1 aromatic heterocycles. The Morgan fingerprint density at radius 1 is 0.842 bits per heavy atom. The van der Waals surface area contributed by atoms with Crippen LogP contribution in [-0.4, -0.2) is 40.6 Å². The summed E-state index contributed by atoms with van der Waals surface area (Å²) >= 11 is 1.14. The smallest absolute Gasteiger partial charge is 0.344 e. The first kappa shape index (κ1) is 26.7. The van der Waals surface area contributed by atoms with Gasteiger partial charge in [0, 0.05) is 18.8 Å². The zero-order valence-corrected chi connectivity index (χ0v) is 21.9. The lowest BCUT2D eigenvalue weighted by atomic mass is 10.3. The zero-order valence-electron chi connectivity index (χ0n) is 20.3. The highest BCUT2D eigenvalue weighted by Crippen LogP contribution is 2.27. The molecule has 4 aromatic rings. The standard InChI is InChI=1S/C27H24N2O7S2/c1-29(38(32,33)27-11-6-16-37-27)21-12-14-22(15-13-21)34-19-26(31)35-18-25(30)28-20-7-5-10-24(17-20)36-23-8-3-2-4-9-23/h2-17H,18-19H2,1H3,(H,28,30). The topological polar surface area (TPSA) is 111 Å². The molecule has 1 heterocycles. The Hall–Kier alpha value is -4.35. The molecular formula is C27H24N2O7S2. The van der Waals surface area contributed by atoms with Crippen LogP contribution >= 0.6 is 11.3 Å². The fraction of sp³-hybridized carbons (Fsp3) is 0.111. The second-order valence-electron chi connectivity index (χ2n) is 7.84. The Labute approximate surface area is 224 Å². The van der Waals surface area contributed by atoms with Crippen molar-refractivity contribution in [2.75, 3.05) is 29.9 Å². The summed E-state index contributed by atoms with van der Waals surface area (Å²) in [5, 5.41) is 4.34. The molecule has 1 N–H and O–H groups in total. The van der Waals surface area contributed by atoms with Gasteiger partial charge in [0.25, 0.3) is 15.9 Å². The van der Waals surface area contributed by atoms with Crippen molar-refractivity contribution in [2.45, 2.75) is 4.21 Å². The van der Waals surface area contributed by atoms with E-state index in [1.165, 1.54) is 17.4 Å². The van der Waals surface area contributed by atoms with Gasteiger partial charge in [0.1, 0.15) is 21.5 Å². The van der Waals surface area contributed by atoms with Crippen molar-refractivity contribution < 1.29 is 32.2 Å². The fourth-order valence-electron chi connectivity index (χ4n) is 3.23. The maximum atomic E-state index is 12.6. The second kappa shape index (κ2) is 12.3. The molecule has 0 atom stereocenters. The zero-order chi connectivity index (χ0) is 27.0. The molecule has 4 rings (SSSR count). The summed E-state index contributed by atoms with van der Waals surface area (Å²) < 4.78 is 42.8. The van der Waals surface area contributed by atoms with Gasteiger partial charge in [-0.25, -0.2) is 13.2 Å². The summed E-state index contributed by atoms with van der Waals surface area (Å²) in [5.41, 5.74) is 0.921. The molecule has 0 radical (unpaired) electrons. The van der Waals surface area contributed by atoms with Gasteiger partial charge in [-0.05, 0) is 60.0 Å². The van der Waals surface area contributed by atoms with Crippen LogP contribution in [0.5, 0.6) is 17.2 Å². The molecule has 0 aliphatic carbocycles. The first-order valence-corrected chi connectivity index (χ1v) is 13.7. The summed E-state index contributed by atoms with van der Waals surface area (Å²) in [6.07, 6.45) is 0. The first-order chi connectivity index (χ1) is 18.3. The number of carbonyl (C=O) groups excluding carboxylic acids is 2. The molecule has 0 bridgehead atoms. The summed E-state index contributed by atoms with van der Waals surface area (Å²) in [6, 6.07) is 25.5. The average molecular weight is 553 g/mol. The molecule has 3 aromatic carbocycles. The number of anilines is 2. The fourth-order valence-corrected chi connectivity index (χ4v) is 5.58. The van der Waals surface area contributed by atoms with E-state index in [4.69, 9.17) is 14.2 Å². The number of esters is 1. The SMILES string of the molecule is CN(c1ccc(OCC(=O)OCC(=O)Nc2cccc(Oc3ccccc3)c2)cc1)S(=O)(=O)c1cccs1. The average Bonchev–Trinajstić information content (AvgIpc) is 3.48.